The third-order valence-electron chi connectivity index (χ3n) is 2.97. The Morgan fingerprint density at radius 1 is 1.32 bits per heavy atom. The van der Waals surface area contributed by atoms with Gasteiger partial charge in [-0.1, -0.05) is 13.8 Å². The van der Waals surface area contributed by atoms with Crippen LogP contribution >= 0.6 is 0 Å². The van der Waals surface area contributed by atoms with Crippen molar-refractivity contribution < 1.29 is 23.1 Å². The van der Waals surface area contributed by atoms with Gasteiger partial charge in [-0.25, -0.2) is 13.2 Å². The molecule has 0 aliphatic heterocycles. The second-order valence-electron chi connectivity index (χ2n) is 4.35. The minimum atomic E-state index is -1.58. The summed E-state index contributed by atoms with van der Waals surface area (Å²) in [4.78, 5) is 11.7. The Morgan fingerprint density at radius 3 is 2.26 bits per heavy atom. The summed E-state index contributed by atoms with van der Waals surface area (Å²) >= 11 is 0. The molecule has 1 rings (SSSR count). The summed E-state index contributed by atoms with van der Waals surface area (Å²) < 4.78 is 39.0. The molecule has 2 N–H and O–H groups in total. The van der Waals surface area contributed by atoms with Crippen LogP contribution in [0.5, 0.6) is 0 Å². The number of carbonyl (C=O) groups is 1. The molecule has 1 aromatic carbocycles. The fourth-order valence-corrected chi connectivity index (χ4v) is 1.51. The van der Waals surface area contributed by atoms with Gasteiger partial charge in [-0.2, -0.15) is 0 Å². The molecule has 6 heteroatoms. The first-order valence-electron chi connectivity index (χ1n) is 5.96. The molecule has 0 aromatic heterocycles. The van der Waals surface area contributed by atoms with Crippen molar-refractivity contribution in [2.24, 2.45) is 5.92 Å². The number of aliphatic hydroxyl groups excluding tert-OH is 1. The molecule has 1 aromatic rings. The van der Waals surface area contributed by atoms with Crippen molar-refractivity contribution in [2.45, 2.75) is 26.3 Å². The van der Waals surface area contributed by atoms with E-state index in [1.54, 1.807) is 6.92 Å². The first-order chi connectivity index (χ1) is 8.90. The zero-order valence-corrected chi connectivity index (χ0v) is 10.7. The van der Waals surface area contributed by atoms with Crippen molar-refractivity contribution in [3.8, 4) is 0 Å². The number of aliphatic hydroxyl groups is 1. The van der Waals surface area contributed by atoms with Gasteiger partial charge in [-0.05, 0) is 24.1 Å². The van der Waals surface area contributed by atoms with E-state index in [4.69, 9.17) is 0 Å². The number of rotatable bonds is 5. The Bertz CT molecular complexity index is 442. The Kier molecular flexibility index (Phi) is 5.35. The van der Waals surface area contributed by atoms with Gasteiger partial charge in [0.25, 0.3) is 0 Å². The molecule has 19 heavy (non-hydrogen) atoms. The molecule has 3 nitrogen and oxygen atoms in total. The summed E-state index contributed by atoms with van der Waals surface area (Å²) in [6, 6.07) is 0.554. The molecule has 2 atom stereocenters. The maximum Gasteiger partial charge on any atom is 0.223 e. The Balaban J connectivity index is 2.95. The lowest BCUT2D eigenvalue weighted by Crippen LogP contribution is -2.34. The second-order valence-corrected chi connectivity index (χ2v) is 4.35. The largest absolute Gasteiger partial charge is 0.394 e. The number of halogens is 3. The van der Waals surface area contributed by atoms with Crippen LogP contribution in [0.4, 0.5) is 13.2 Å². The molecule has 0 spiro atoms. The Labute approximate surface area is 109 Å². The van der Waals surface area contributed by atoms with Gasteiger partial charge in [-0.15, -0.1) is 0 Å². The average Bonchev–Trinajstić information content (AvgIpc) is 2.40. The topological polar surface area (TPSA) is 49.3 Å². The smallest absolute Gasteiger partial charge is 0.223 e. The summed E-state index contributed by atoms with van der Waals surface area (Å²) in [6.45, 7) is 2.97. The van der Waals surface area contributed by atoms with Crippen molar-refractivity contribution in [3.63, 3.8) is 0 Å². The van der Waals surface area contributed by atoms with E-state index in [9.17, 15) is 23.1 Å². The van der Waals surface area contributed by atoms with Crippen LogP contribution in [0.15, 0.2) is 12.1 Å². The molecule has 0 radical (unpaired) electrons. The molecule has 0 saturated heterocycles. The minimum absolute atomic E-state index is 0.0180. The van der Waals surface area contributed by atoms with Gasteiger partial charge in [0.15, 0.2) is 17.5 Å². The zero-order chi connectivity index (χ0) is 14.6. The van der Waals surface area contributed by atoms with E-state index in [0.717, 1.165) is 12.1 Å². The van der Waals surface area contributed by atoms with E-state index in [1.807, 2.05) is 6.92 Å². The van der Waals surface area contributed by atoms with Gasteiger partial charge in [0, 0.05) is 5.92 Å². The van der Waals surface area contributed by atoms with Gasteiger partial charge in [0.05, 0.1) is 12.6 Å². The maximum atomic E-state index is 13.1. The Morgan fingerprint density at radius 2 is 1.84 bits per heavy atom. The zero-order valence-electron chi connectivity index (χ0n) is 10.7. The second kappa shape index (κ2) is 6.56. The summed E-state index contributed by atoms with van der Waals surface area (Å²) in [5.74, 6) is -4.91. The lowest BCUT2D eigenvalue weighted by atomic mass is 10.0. The van der Waals surface area contributed by atoms with Crippen LogP contribution < -0.4 is 5.32 Å². The van der Waals surface area contributed by atoms with E-state index < -0.39 is 30.1 Å². The first kappa shape index (κ1) is 15.5. The van der Waals surface area contributed by atoms with Crippen molar-refractivity contribution in [2.75, 3.05) is 6.61 Å². The summed E-state index contributed by atoms with van der Waals surface area (Å²) in [7, 11) is 0. The van der Waals surface area contributed by atoms with Crippen molar-refractivity contribution >= 4 is 5.91 Å². The van der Waals surface area contributed by atoms with Gasteiger partial charge in [-0.3, -0.25) is 4.79 Å². The Hall–Kier alpha value is -1.56. The number of benzene rings is 1. The number of amides is 1. The molecule has 0 heterocycles. The van der Waals surface area contributed by atoms with Gasteiger partial charge >= 0.3 is 0 Å². The fourth-order valence-electron chi connectivity index (χ4n) is 1.51. The maximum absolute atomic E-state index is 13.1. The number of nitrogens with one attached hydrogen (secondary N) is 1. The van der Waals surface area contributed by atoms with Crippen molar-refractivity contribution in [1.29, 1.82) is 0 Å². The van der Waals surface area contributed by atoms with E-state index >= 15 is 0 Å². The molecular formula is C13H16F3NO2. The SMILES string of the molecule is CCC(C)C(=O)NC(CO)c1cc(F)c(F)c(F)c1. The molecular weight excluding hydrogens is 259 g/mol. The summed E-state index contributed by atoms with van der Waals surface area (Å²) in [5, 5.41) is 11.6. The number of carbonyl (C=O) groups excluding carboxylic acids is 1. The van der Waals surface area contributed by atoms with Gasteiger partial charge < -0.3 is 10.4 Å². The highest BCUT2D eigenvalue weighted by atomic mass is 19.2. The predicted molar refractivity (Wildman–Crippen MR) is 63.7 cm³/mol. The van der Waals surface area contributed by atoms with Crippen LogP contribution in [0, 0.1) is 23.4 Å². The predicted octanol–water partition coefficient (Wildman–Crippen LogP) is 2.30. The van der Waals surface area contributed by atoms with Crippen molar-refractivity contribution in [1.82, 2.24) is 5.32 Å². The molecule has 0 bridgehead atoms. The third-order valence-corrected chi connectivity index (χ3v) is 2.97. The highest BCUT2D eigenvalue weighted by Crippen LogP contribution is 2.19. The highest BCUT2D eigenvalue weighted by Gasteiger charge is 2.20. The van der Waals surface area contributed by atoms with Crippen LogP contribution in [0.1, 0.15) is 31.9 Å². The first-order valence-corrected chi connectivity index (χ1v) is 5.96. The van der Waals surface area contributed by atoms with Gasteiger partial charge in [0.1, 0.15) is 0 Å². The van der Waals surface area contributed by atoms with Crippen LogP contribution in [0.2, 0.25) is 0 Å². The molecule has 106 valence electrons. The minimum Gasteiger partial charge on any atom is -0.394 e. The fraction of sp³-hybridized carbons (Fsp3) is 0.462. The quantitative estimate of drug-likeness (QED) is 0.810. The monoisotopic (exact) mass is 275 g/mol. The average molecular weight is 275 g/mol. The highest BCUT2D eigenvalue weighted by molar-refractivity contribution is 5.78. The normalized spacial score (nSPS) is 14.0. The molecule has 1 amide bonds. The van der Waals surface area contributed by atoms with Gasteiger partial charge in [0.2, 0.25) is 5.91 Å². The molecule has 0 saturated carbocycles. The van der Waals surface area contributed by atoms with Crippen LogP contribution in [0.3, 0.4) is 0 Å². The molecule has 0 aliphatic rings. The van der Waals surface area contributed by atoms with E-state index in [1.165, 1.54) is 0 Å². The molecule has 0 aliphatic carbocycles. The van der Waals surface area contributed by atoms with Crippen molar-refractivity contribution in [3.05, 3.63) is 35.1 Å². The molecule has 2 unspecified atom stereocenters. The lowest BCUT2D eigenvalue weighted by molar-refractivity contribution is -0.125. The van der Waals surface area contributed by atoms with E-state index in [-0.39, 0.29) is 17.4 Å². The summed E-state index contributed by atoms with van der Waals surface area (Å²) in [6.07, 6.45) is 0.593. The van der Waals surface area contributed by atoms with E-state index in [2.05, 4.69) is 5.32 Å². The summed E-state index contributed by atoms with van der Waals surface area (Å²) in [5.41, 5.74) is -0.0180. The van der Waals surface area contributed by atoms with Crippen LogP contribution in [0.25, 0.3) is 0 Å². The lowest BCUT2D eigenvalue weighted by Gasteiger charge is -2.19. The van der Waals surface area contributed by atoms with E-state index in [0.29, 0.717) is 6.42 Å². The number of hydrogen-bond acceptors (Lipinski definition) is 2. The van der Waals surface area contributed by atoms with Crippen LogP contribution in [-0.4, -0.2) is 17.6 Å². The molecule has 0 fully saturated rings. The van der Waals surface area contributed by atoms with Crippen LogP contribution in [-0.2, 0) is 4.79 Å². The third kappa shape index (κ3) is 3.70. The standard InChI is InChI=1S/C13H16F3NO2/c1-3-7(2)13(19)17-11(6-18)8-4-9(14)12(16)10(15)5-8/h4-5,7,11,18H,3,6H2,1-2H3,(H,17,19). The number of hydrogen-bond donors (Lipinski definition) is 2.